The molecule has 6 heteroatoms. The van der Waals surface area contributed by atoms with E-state index in [0.717, 1.165) is 18.1 Å². The van der Waals surface area contributed by atoms with Gasteiger partial charge in [-0.05, 0) is 37.8 Å². The smallest absolute Gasteiger partial charge is 0.317 e. The molecule has 3 nitrogen and oxygen atoms in total. The van der Waals surface area contributed by atoms with Crippen LogP contribution in [0.15, 0.2) is 0 Å². The van der Waals surface area contributed by atoms with Crippen LogP contribution in [0.2, 0.25) is 37.8 Å². The second kappa shape index (κ2) is 15.4. The van der Waals surface area contributed by atoms with Gasteiger partial charge in [-0.25, -0.2) is 0 Å². The Morgan fingerprint density at radius 2 is 0.600 bits per heavy atom. The molecule has 0 saturated carbocycles. The van der Waals surface area contributed by atoms with Crippen LogP contribution in [-0.4, -0.2) is 25.7 Å². The van der Waals surface area contributed by atoms with E-state index >= 15 is 0 Å². The molecular formula is C24H54O3Si3. The summed E-state index contributed by atoms with van der Waals surface area (Å²) in [7, 11) is -6.36. The third kappa shape index (κ3) is 12.0. The maximum Gasteiger partial charge on any atom is 0.317 e. The van der Waals surface area contributed by atoms with E-state index in [0.29, 0.717) is 0 Å². The zero-order valence-corrected chi connectivity index (χ0v) is 24.5. The Hall–Kier alpha value is 0.531. The number of hydrogen-bond donors (Lipinski definition) is 0. The van der Waals surface area contributed by atoms with Gasteiger partial charge in [-0.2, -0.15) is 0 Å². The van der Waals surface area contributed by atoms with Crippen molar-refractivity contribution in [3.8, 4) is 0 Å². The molecule has 1 aliphatic rings. The van der Waals surface area contributed by atoms with Crippen LogP contribution in [0.25, 0.3) is 0 Å². The van der Waals surface area contributed by atoms with E-state index in [1.54, 1.807) is 0 Å². The monoisotopic (exact) mass is 474 g/mol. The van der Waals surface area contributed by atoms with Crippen LogP contribution in [0.4, 0.5) is 0 Å². The average molecular weight is 475 g/mol. The quantitative estimate of drug-likeness (QED) is 0.146. The molecule has 0 unspecified atom stereocenters. The van der Waals surface area contributed by atoms with E-state index in [1.165, 1.54) is 96.3 Å². The first-order chi connectivity index (χ1) is 14.3. The molecule has 0 bridgehead atoms. The van der Waals surface area contributed by atoms with Crippen molar-refractivity contribution in [3.63, 3.8) is 0 Å². The highest BCUT2D eigenvalue weighted by molar-refractivity contribution is 6.93. The summed E-state index contributed by atoms with van der Waals surface area (Å²) in [6.07, 6.45) is 19.9. The van der Waals surface area contributed by atoms with Gasteiger partial charge in [-0.1, -0.05) is 117 Å². The highest BCUT2D eigenvalue weighted by Crippen LogP contribution is 2.39. The lowest BCUT2D eigenvalue weighted by molar-refractivity contribution is 0.219. The SMILES string of the molecule is CCCCCCC[Si]1(C)O[Si](C)(CCCCCCC)O[Si](C)(CCCCCCC)O1. The van der Waals surface area contributed by atoms with E-state index in [9.17, 15) is 0 Å². The van der Waals surface area contributed by atoms with Crippen molar-refractivity contribution in [1.82, 2.24) is 0 Å². The van der Waals surface area contributed by atoms with Gasteiger partial charge in [0, 0.05) is 0 Å². The summed E-state index contributed by atoms with van der Waals surface area (Å²) in [5.74, 6) is 0. The van der Waals surface area contributed by atoms with Gasteiger partial charge in [0.15, 0.2) is 0 Å². The number of unbranched alkanes of at least 4 members (excludes halogenated alkanes) is 12. The molecule has 1 heterocycles. The normalized spacial score (nSPS) is 29.4. The second-order valence-corrected chi connectivity index (χ2v) is 21.0. The maximum atomic E-state index is 6.88. The van der Waals surface area contributed by atoms with Crippen LogP contribution >= 0.6 is 0 Å². The molecule has 0 N–H and O–H groups in total. The lowest BCUT2D eigenvalue weighted by Gasteiger charge is -2.50. The van der Waals surface area contributed by atoms with Crippen molar-refractivity contribution in [2.24, 2.45) is 0 Å². The third-order valence-corrected chi connectivity index (χ3v) is 20.6. The van der Waals surface area contributed by atoms with Crippen LogP contribution in [0.5, 0.6) is 0 Å². The van der Waals surface area contributed by atoms with E-state index < -0.39 is 25.7 Å². The van der Waals surface area contributed by atoms with E-state index in [1.807, 2.05) is 0 Å². The van der Waals surface area contributed by atoms with Crippen LogP contribution in [0.3, 0.4) is 0 Å². The molecule has 0 aromatic rings. The van der Waals surface area contributed by atoms with E-state index in [2.05, 4.69) is 40.4 Å². The first-order valence-electron chi connectivity index (χ1n) is 13.4. The summed E-state index contributed by atoms with van der Waals surface area (Å²) in [6.45, 7) is 13.9. The van der Waals surface area contributed by atoms with Crippen molar-refractivity contribution in [3.05, 3.63) is 0 Å². The van der Waals surface area contributed by atoms with Gasteiger partial charge in [0.1, 0.15) is 0 Å². The van der Waals surface area contributed by atoms with Crippen molar-refractivity contribution >= 4 is 25.7 Å². The van der Waals surface area contributed by atoms with E-state index in [-0.39, 0.29) is 0 Å². The summed E-state index contributed by atoms with van der Waals surface area (Å²) in [6, 6.07) is 3.49. The third-order valence-electron chi connectivity index (χ3n) is 6.50. The first kappa shape index (κ1) is 28.6. The summed E-state index contributed by atoms with van der Waals surface area (Å²) in [5, 5.41) is 0. The molecule has 30 heavy (non-hydrogen) atoms. The lowest BCUT2D eigenvalue weighted by Crippen LogP contribution is -2.67. The van der Waals surface area contributed by atoms with Crippen LogP contribution in [0.1, 0.15) is 117 Å². The molecule has 1 saturated heterocycles. The number of hydrogen-bond acceptors (Lipinski definition) is 3. The zero-order valence-electron chi connectivity index (χ0n) is 21.5. The Kier molecular flexibility index (Phi) is 14.6. The zero-order chi connectivity index (χ0) is 22.3. The Morgan fingerprint density at radius 3 is 0.833 bits per heavy atom. The minimum atomic E-state index is -2.12. The Morgan fingerprint density at radius 1 is 0.367 bits per heavy atom. The number of rotatable bonds is 18. The summed E-state index contributed by atoms with van der Waals surface area (Å²) in [4.78, 5) is 0. The van der Waals surface area contributed by atoms with Crippen molar-refractivity contribution < 1.29 is 12.3 Å². The minimum Gasteiger partial charge on any atom is -0.416 e. The van der Waals surface area contributed by atoms with Gasteiger partial charge in [0.25, 0.3) is 0 Å². The molecule has 1 fully saturated rings. The van der Waals surface area contributed by atoms with Gasteiger partial charge < -0.3 is 12.3 Å². The molecule has 1 aliphatic heterocycles. The largest absolute Gasteiger partial charge is 0.416 e. The summed E-state index contributed by atoms with van der Waals surface area (Å²) in [5.41, 5.74) is 0. The predicted molar refractivity (Wildman–Crippen MR) is 139 cm³/mol. The van der Waals surface area contributed by atoms with Gasteiger partial charge in [0.2, 0.25) is 0 Å². The molecule has 0 amide bonds. The average Bonchev–Trinajstić information content (AvgIpc) is 2.66. The highest BCUT2D eigenvalue weighted by atomic mass is 28.5. The standard InChI is InChI=1S/C24H54O3Si3/c1-7-10-13-16-19-22-28(4)25-29(5,23-20-17-14-11-8-2)27-30(6,26-28)24-21-18-15-12-9-3/h7-24H2,1-6H3. The molecule has 0 atom stereocenters. The van der Waals surface area contributed by atoms with Crippen LogP contribution in [0, 0.1) is 0 Å². The van der Waals surface area contributed by atoms with Gasteiger partial charge >= 0.3 is 25.7 Å². The molecule has 0 spiro atoms. The van der Waals surface area contributed by atoms with Gasteiger partial charge in [0.05, 0.1) is 0 Å². The molecule has 0 aliphatic carbocycles. The minimum absolute atomic E-state index is 1.16. The Balaban J connectivity index is 2.69. The maximum absolute atomic E-state index is 6.88. The first-order valence-corrected chi connectivity index (χ1v) is 21.0. The van der Waals surface area contributed by atoms with Crippen molar-refractivity contribution in [2.75, 3.05) is 0 Å². The van der Waals surface area contributed by atoms with Gasteiger partial charge in [-0.3, -0.25) is 0 Å². The highest BCUT2D eigenvalue weighted by Gasteiger charge is 2.55. The Bertz CT molecular complexity index is 366. The van der Waals surface area contributed by atoms with Crippen molar-refractivity contribution in [2.45, 2.75) is 155 Å². The lowest BCUT2D eigenvalue weighted by atomic mass is 10.2. The van der Waals surface area contributed by atoms with Gasteiger partial charge in [-0.15, -0.1) is 0 Å². The molecule has 0 radical (unpaired) electrons. The van der Waals surface area contributed by atoms with Crippen LogP contribution in [-0.2, 0) is 12.3 Å². The molecule has 0 aromatic carbocycles. The fourth-order valence-electron chi connectivity index (χ4n) is 4.89. The van der Waals surface area contributed by atoms with Crippen molar-refractivity contribution in [1.29, 1.82) is 0 Å². The molecular weight excluding hydrogens is 421 g/mol. The predicted octanol–water partition coefficient (Wildman–Crippen LogP) is 9.18. The summed E-state index contributed by atoms with van der Waals surface area (Å²) >= 11 is 0. The summed E-state index contributed by atoms with van der Waals surface area (Å²) < 4.78 is 20.6. The molecule has 180 valence electrons. The topological polar surface area (TPSA) is 27.7 Å². The van der Waals surface area contributed by atoms with E-state index in [4.69, 9.17) is 12.3 Å². The Labute approximate surface area is 192 Å². The second-order valence-electron chi connectivity index (χ2n) is 10.2. The molecule has 0 aromatic heterocycles. The fourth-order valence-corrected chi connectivity index (χ4v) is 22.6. The fraction of sp³-hybridized carbons (Fsp3) is 1.00. The van der Waals surface area contributed by atoms with Crippen LogP contribution < -0.4 is 0 Å². The molecule has 1 rings (SSSR count).